The fourth-order valence-corrected chi connectivity index (χ4v) is 3.81. The van der Waals surface area contributed by atoms with Gasteiger partial charge in [-0.15, -0.1) is 5.10 Å². The second-order valence-corrected chi connectivity index (χ2v) is 8.34. The Balaban J connectivity index is 1.61. The summed E-state index contributed by atoms with van der Waals surface area (Å²) in [6.45, 7) is 2.36. The number of aromatic nitrogens is 2. The molecule has 0 unspecified atom stereocenters. The van der Waals surface area contributed by atoms with Crippen molar-refractivity contribution < 1.29 is 26.8 Å². The Labute approximate surface area is 171 Å². The molecule has 0 fully saturated rings. The molecule has 2 heterocycles. The Morgan fingerprint density at radius 3 is 2.67 bits per heavy atom. The van der Waals surface area contributed by atoms with E-state index < -0.39 is 15.7 Å². The highest BCUT2D eigenvalue weighted by Crippen LogP contribution is 2.33. The molecule has 0 spiro atoms. The van der Waals surface area contributed by atoms with Gasteiger partial charge in [0.15, 0.2) is 26.9 Å². The molecular formula is C20H17N3O6S. The maximum atomic E-state index is 12.5. The van der Waals surface area contributed by atoms with Crippen molar-refractivity contribution in [2.24, 2.45) is 0 Å². The van der Waals surface area contributed by atoms with Crippen molar-refractivity contribution in [3.05, 3.63) is 54.1 Å². The number of carbonyl (C=O) groups excluding carboxylic acids is 1. The molecule has 0 aliphatic heterocycles. The van der Waals surface area contributed by atoms with Crippen LogP contribution in [0.2, 0.25) is 0 Å². The number of carbonyl (C=O) groups is 1. The molecule has 1 amide bonds. The summed E-state index contributed by atoms with van der Waals surface area (Å²) in [5.74, 6) is 0.267. The molecule has 0 atom stereocenters. The highest BCUT2D eigenvalue weighted by atomic mass is 32.2. The van der Waals surface area contributed by atoms with Crippen LogP contribution in [-0.4, -0.2) is 37.4 Å². The number of nitrogens with one attached hydrogen (secondary N) is 1. The van der Waals surface area contributed by atoms with E-state index in [0.717, 1.165) is 11.6 Å². The summed E-state index contributed by atoms with van der Waals surface area (Å²) >= 11 is 0. The molecule has 4 aromatic rings. The molecular weight excluding hydrogens is 410 g/mol. The van der Waals surface area contributed by atoms with Crippen LogP contribution >= 0.6 is 0 Å². The number of para-hydroxylation sites is 1. The topological polar surface area (TPSA) is 125 Å². The van der Waals surface area contributed by atoms with Crippen LogP contribution in [0, 0.1) is 0 Å². The summed E-state index contributed by atoms with van der Waals surface area (Å²) in [6, 6.07) is 12.9. The highest BCUT2D eigenvalue weighted by Gasteiger charge is 2.21. The number of amides is 1. The molecule has 0 aliphatic rings. The molecule has 10 heteroatoms. The van der Waals surface area contributed by atoms with Crippen molar-refractivity contribution in [2.75, 3.05) is 18.2 Å². The first kappa shape index (κ1) is 19.6. The zero-order chi connectivity index (χ0) is 21.3. The summed E-state index contributed by atoms with van der Waals surface area (Å²) in [5, 5.41) is 10.9. The second kappa shape index (κ2) is 7.64. The van der Waals surface area contributed by atoms with E-state index in [1.54, 1.807) is 18.2 Å². The van der Waals surface area contributed by atoms with Crippen LogP contribution in [0.3, 0.4) is 0 Å². The number of hydrogen-bond acceptors (Lipinski definition) is 8. The van der Waals surface area contributed by atoms with Crippen molar-refractivity contribution in [3.8, 4) is 17.4 Å². The fraction of sp³-hybridized carbons (Fsp3) is 0.150. The monoisotopic (exact) mass is 427 g/mol. The van der Waals surface area contributed by atoms with Crippen molar-refractivity contribution in [1.29, 1.82) is 0 Å². The van der Waals surface area contributed by atoms with Gasteiger partial charge >= 0.3 is 6.01 Å². The molecule has 0 saturated heterocycles. The largest absolute Gasteiger partial charge is 0.490 e. The Bertz CT molecular complexity index is 1340. The van der Waals surface area contributed by atoms with Gasteiger partial charge in [-0.25, -0.2) is 8.42 Å². The van der Waals surface area contributed by atoms with Gasteiger partial charge in [-0.1, -0.05) is 29.4 Å². The van der Waals surface area contributed by atoms with Gasteiger partial charge in [-0.2, -0.15) is 0 Å². The second-order valence-electron chi connectivity index (χ2n) is 6.35. The van der Waals surface area contributed by atoms with Gasteiger partial charge in [-0.05, 0) is 31.2 Å². The number of sulfone groups is 1. The minimum absolute atomic E-state index is 0.0233. The van der Waals surface area contributed by atoms with Gasteiger partial charge in [0, 0.05) is 11.6 Å². The molecule has 0 radical (unpaired) electrons. The minimum Gasteiger partial charge on any atom is -0.490 e. The zero-order valence-corrected chi connectivity index (χ0v) is 16.9. The molecule has 2 aromatic heterocycles. The quantitative estimate of drug-likeness (QED) is 0.495. The Morgan fingerprint density at radius 1 is 1.10 bits per heavy atom. The Hall–Kier alpha value is -3.66. The molecule has 0 saturated carbocycles. The molecule has 1 N–H and O–H groups in total. The minimum atomic E-state index is -3.59. The number of benzene rings is 2. The number of furan rings is 1. The predicted molar refractivity (Wildman–Crippen MR) is 108 cm³/mol. The van der Waals surface area contributed by atoms with E-state index >= 15 is 0 Å². The van der Waals surface area contributed by atoms with Crippen LogP contribution in [0.25, 0.3) is 22.6 Å². The number of fused-ring (bicyclic) bond motifs is 1. The summed E-state index contributed by atoms with van der Waals surface area (Å²) in [5.41, 5.74) is 0.519. The first-order chi connectivity index (χ1) is 14.4. The van der Waals surface area contributed by atoms with Gasteiger partial charge in [0.05, 0.1) is 17.1 Å². The molecule has 30 heavy (non-hydrogen) atoms. The average Bonchev–Trinajstić information content (AvgIpc) is 3.35. The van der Waals surface area contributed by atoms with E-state index in [-0.39, 0.29) is 22.4 Å². The van der Waals surface area contributed by atoms with Crippen LogP contribution in [-0.2, 0) is 9.84 Å². The average molecular weight is 427 g/mol. The first-order valence-corrected chi connectivity index (χ1v) is 10.9. The molecule has 0 aliphatic carbocycles. The van der Waals surface area contributed by atoms with E-state index in [1.807, 2.05) is 19.1 Å². The normalized spacial score (nSPS) is 11.5. The van der Waals surface area contributed by atoms with Gasteiger partial charge in [0.25, 0.3) is 11.8 Å². The lowest BCUT2D eigenvalue weighted by Crippen LogP contribution is -2.16. The third-order valence-electron chi connectivity index (χ3n) is 4.20. The van der Waals surface area contributed by atoms with Crippen LogP contribution in [0.15, 0.2) is 62.3 Å². The number of ether oxygens (including phenoxy) is 1. The van der Waals surface area contributed by atoms with Gasteiger partial charge in [0.1, 0.15) is 0 Å². The smallest absolute Gasteiger partial charge is 0.322 e. The van der Waals surface area contributed by atoms with Crippen molar-refractivity contribution >= 4 is 32.7 Å². The summed E-state index contributed by atoms with van der Waals surface area (Å²) < 4.78 is 40.6. The van der Waals surface area contributed by atoms with Crippen molar-refractivity contribution in [1.82, 2.24) is 10.2 Å². The summed E-state index contributed by atoms with van der Waals surface area (Å²) in [6.07, 6.45) is 1.03. The first-order valence-electron chi connectivity index (χ1n) is 8.96. The van der Waals surface area contributed by atoms with Crippen LogP contribution in [0.1, 0.15) is 17.3 Å². The van der Waals surface area contributed by atoms with Crippen LogP contribution in [0.4, 0.5) is 6.01 Å². The van der Waals surface area contributed by atoms with E-state index in [4.69, 9.17) is 13.6 Å². The summed E-state index contributed by atoms with van der Waals surface area (Å²) in [7, 11) is -3.59. The fourth-order valence-electron chi connectivity index (χ4n) is 2.93. The van der Waals surface area contributed by atoms with Gasteiger partial charge < -0.3 is 13.6 Å². The van der Waals surface area contributed by atoms with E-state index in [0.29, 0.717) is 23.7 Å². The maximum absolute atomic E-state index is 12.5. The summed E-state index contributed by atoms with van der Waals surface area (Å²) in [4.78, 5) is 12.4. The maximum Gasteiger partial charge on any atom is 0.322 e. The number of nitrogens with zero attached hydrogens (tertiary/aromatic N) is 2. The van der Waals surface area contributed by atoms with E-state index in [9.17, 15) is 13.2 Å². The molecule has 0 bridgehead atoms. The number of hydrogen-bond donors (Lipinski definition) is 1. The van der Waals surface area contributed by atoms with Crippen molar-refractivity contribution in [2.45, 2.75) is 11.8 Å². The molecule has 9 nitrogen and oxygen atoms in total. The van der Waals surface area contributed by atoms with Crippen molar-refractivity contribution in [3.63, 3.8) is 0 Å². The lowest BCUT2D eigenvalue weighted by Gasteiger charge is -2.06. The number of rotatable bonds is 6. The lowest BCUT2D eigenvalue weighted by atomic mass is 10.2. The molecule has 154 valence electrons. The SMILES string of the molecule is CCOc1cccc2cc(-c3nnc(NC(=O)c4ccccc4S(C)(=O)=O)o3)oc12. The van der Waals surface area contributed by atoms with Crippen LogP contribution in [0.5, 0.6) is 5.75 Å². The van der Waals surface area contributed by atoms with Crippen LogP contribution < -0.4 is 10.1 Å². The van der Waals surface area contributed by atoms with E-state index in [1.165, 1.54) is 18.2 Å². The highest BCUT2D eigenvalue weighted by molar-refractivity contribution is 7.90. The Morgan fingerprint density at radius 2 is 1.90 bits per heavy atom. The zero-order valence-electron chi connectivity index (χ0n) is 16.1. The van der Waals surface area contributed by atoms with Gasteiger partial charge in [-0.3, -0.25) is 10.1 Å². The Kier molecular flexibility index (Phi) is 5.00. The molecule has 4 rings (SSSR count). The standard InChI is InChI=1S/C20H17N3O6S/c1-3-27-14-9-6-7-12-11-15(28-17(12)14)19-22-23-20(29-19)21-18(24)13-8-4-5-10-16(13)30(2,25)26/h4-11H,3H2,1-2H3,(H,21,23,24). The predicted octanol–water partition coefficient (Wildman–Crippen LogP) is 3.54. The number of anilines is 1. The van der Waals surface area contributed by atoms with Gasteiger partial charge in [0.2, 0.25) is 0 Å². The van der Waals surface area contributed by atoms with E-state index in [2.05, 4.69) is 15.5 Å². The third-order valence-corrected chi connectivity index (χ3v) is 5.35. The third kappa shape index (κ3) is 3.77. The molecule has 2 aromatic carbocycles. The lowest BCUT2D eigenvalue weighted by molar-refractivity contribution is 0.102.